The Labute approximate surface area is 129 Å². The SMILES string of the molecule is COc1ccc(OCC(=O)N2CCC[C@@H](C)C2)c([N+](=O)[O-])c1. The van der Waals surface area contributed by atoms with Crippen LogP contribution in [0.4, 0.5) is 5.69 Å². The number of nitro benzene ring substituents is 1. The molecule has 1 atom stereocenters. The van der Waals surface area contributed by atoms with Gasteiger partial charge in [-0.05, 0) is 30.9 Å². The fourth-order valence-electron chi connectivity index (χ4n) is 2.54. The first kappa shape index (κ1) is 16.1. The Morgan fingerprint density at radius 3 is 2.91 bits per heavy atom. The van der Waals surface area contributed by atoms with Gasteiger partial charge in [-0.25, -0.2) is 0 Å². The van der Waals surface area contributed by atoms with E-state index in [1.165, 1.54) is 19.2 Å². The van der Waals surface area contributed by atoms with Crippen LogP contribution in [0.3, 0.4) is 0 Å². The minimum Gasteiger partial charge on any atom is -0.496 e. The highest BCUT2D eigenvalue weighted by molar-refractivity contribution is 5.78. The molecule has 1 aromatic rings. The predicted molar refractivity (Wildman–Crippen MR) is 80.1 cm³/mol. The number of carbonyl (C=O) groups excluding carboxylic acids is 1. The van der Waals surface area contributed by atoms with E-state index in [-0.39, 0.29) is 24.0 Å². The van der Waals surface area contributed by atoms with Crippen LogP contribution in [-0.4, -0.2) is 42.5 Å². The summed E-state index contributed by atoms with van der Waals surface area (Å²) in [6.07, 6.45) is 2.10. The van der Waals surface area contributed by atoms with Gasteiger partial charge in [-0.3, -0.25) is 14.9 Å². The van der Waals surface area contributed by atoms with Crippen molar-refractivity contribution in [3.8, 4) is 11.5 Å². The van der Waals surface area contributed by atoms with E-state index < -0.39 is 4.92 Å². The molecule has 1 fully saturated rings. The van der Waals surface area contributed by atoms with Gasteiger partial charge < -0.3 is 14.4 Å². The Hall–Kier alpha value is -2.31. The third kappa shape index (κ3) is 3.87. The number of methoxy groups -OCH3 is 1. The Morgan fingerprint density at radius 2 is 2.27 bits per heavy atom. The normalized spacial score (nSPS) is 17.9. The number of nitro groups is 1. The zero-order valence-corrected chi connectivity index (χ0v) is 12.8. The lowest BCUT2D eigenvalue weighted by molar-refractivity contribution is -0.385. The van der Waals surface area contributed by atoms with Gasteiger partial charge in [0.1, 0.15) is 5.75 Å². The molecule has 0 saturated carbocycles. The van der Waals surface area contributed by atoms with E-state index >= 15 is 0 Å². The first-order valence-electron chi connectivity index (χ1n) is 7.24. The number of ether oxygens (including phenoxy) is 2. The summed E-state index contributed by atoms with van der Waals surface area (Å²) in [5.74, 6) is 0.782. The molecule has 7 nitrogen and oxygen atoms in total. The molecule has 22 heavy (non-hydrogen) atoms. The number of nitrogens with zero attached hydrogens (tertiary/aromatic N) is 2. The molecule has 0 radical (unpaired) electrons. The third-order valence-corrected chi connectivity index (χ3v) is 3.72. The monoisotopic (exact) mass is 308 g/mol. The lowest BCUT2D eigenvalue weighted by Crippen LogP contribution is -2.41. The van der Waals surface area contributed by atoms with Gasteiger partial charge in [0.25, 0.3) is 5.91 Å². The summed E-state index contributed by atoms with van der Waals surface area (Å²) in [7, 11) is 1.43. The number of piperidine rings is 1. The van der Waals surface area contributed by atoms with Crippen molar-refractivity contribution in [2.75, 3.05) is 26.8 Å². The van der Waals surface area contributed by atoms with E-state index in [0.717, 1.165) is 19.4 Å². The molecule has 0 bridgehead atoms. The number of benzene rings is 1. The summed E-state index contributed by atoms with van der Waals surface area (Å²) in [5.41, 5.74) is -0.209. The molecule has 1 aliphatic heterocycles. The number of rotatable bonds is 5. The molecule has 0 spiro atoms. The summed E-state index contributed by atoms with van der Waals surface area (Å²) in [5, 5.41) is 11.1. The molecule has 0 N–H and O–H groups in total. The largest absolute Gasteiger partial charge is 0.496 e. The van der Waals surface area contributed by atoms with Crippen LogP contribution in [0.15, 0.2) is 18.2 Å². The Balaban J connectivity index is 2.01. The Kier molecular flexibility index (Phi) is 5.19. The Morgan fingerprint density at radius 1 is 1.50 bits per heavy atom. The molecule has 0 aromatic heterocycles. The van der Waals surface area contributed by atoms with Crippen molar-refractivity contribution in [3.63, 3.8) is 0 Å². The number of hydrogen-bond acceptors (Lipinski definition) is 5. The van der Waals surface area contributed by atoms with Crippen molar-refractivity contribution in [3.05, 3.63) is 28.3 Å². The highest BCUT2D eigenvalue weighted by atomic mass is 16.6. The van der Waals surface area contributed by atoms with Gasteiger partial charge in [-0.15, -0.1) is 0 Å². The topological polar surface area (TPSA) is 81.9 Å². The summed E-state index contributed by atoms with van der Waals surface area (Å²) >= 11 is 0. The van der Waals surface area contributed by atoms with E-state index in [9.17, 15) is 14.9 Å². The van der Waals surface area contributed by atoms with Crippen LogP contribution in [0.25, 0.3) is 0 Å². The first-order chi connectivity index (χ1) is 10.5. The highest BCUT2D eigenvalue weighted by Gasteiger charge is 2.23. The van der Waals surface area contributed by atoms with Crippen molar-refractivity contribution in [2.45, 2.75) is 19.8 Å². The average Bonchev–Trinajstić information content (AvgIpc) is 2.52. The summed E-state index contributed by atoms with van der Waals surface area (Å²) in [6, 6.07) is 4.29. The summed E-state index contributed by atoms with van der Waals surface area (Å²) in [4.78, 5) is 24.4. The summed E-state index contributed by atoms with van der Waals surface area (Å²) < 4.78 is 10.3. The quantitative estimate of drug-likeness (QED) is 0.615. The average molecular weight is 308 g/mol. The molecule has 1 aliphatic rings. The van der Waals surface area contributed by atoms with Gasteiger partial charge in [0.2, 0.25) is 0 Å². The number of hydrogen-bond donors (Lipinski definition) is 0. The summed E-state index contributed by atoms with van der Waals surface area (Å²) in [6.45, 7) is 3.35. The van der Waals surface area contributed by atoms with Gasteiger partial charge in [0, 0.05) is 13.1 Å². The van der Waals surface area contributed by atoms with Crippen LogP contribution in [0.2, 0.25) is 0 Å². The molecule has 1 heterocycles. The van der Waals surface area contributed by atoms with Gasteiger partial charge in [0.15, 0.2) is 12.4 Å². The number of carbonyl (C=O) groups is 1. The zero-order chi connectivity index (χ0) is 16.1. The number of likely N-dealkylation sites (tertiary alicyclic amines) is 1. The van der Waals surface area contributed by atoms with Gasteiger partial charge in [-0.2, -0.15) is 0 Å². The van der Waals surface area contributed by atoms with E-state index in [1.807, 2.05) is 0 Å². The van der Waals surface area contributed by atoms with Crippen molar-refractivity contribution in [2.24, 2.45) is 5.92 Å². The lowest BCUT2D eigenvalue weighted by Gasteiger charge is -2.30. The van der Waals surface area contributed by atoms with Crippen molar-refractivity contribution in [1.82, 2.24) is 4.90 Å². The zero-order valence-electron chi connectivity index (χ0n) is 12.8. The van der Waals surface area contributed by atoms with Gasteiger partial charge >= 0.3 is 5.69 Å². The maximum Gasteiger partial charge on any atom is 0.314 e. The molecular formula is C15H20N2O5. The minimum absolute atomic E-state index is 0.0733. The lowest BCUT2D eigenvalue weighted by atomic mass is 10.0. The molecule has 7 heteroatoms. The van der Waals surface area contributed by atoms with E-state index in [2.05, 4.69) is 6.92 Å². The molecule has 1 saturated heterocycles. The van der Waals surface area contributed by atoms with Crippen LogP contribution in [0.5, 0.6) is 11.5 Å². The van der Waals surface area contributed by atoms with Gasteiger partial charge in [-0.1, -0.05) is 6.92 Å². The van der Waals surface area contributed by atoms with Crippen molar-refractivity contribution in [1.29, 1.82) is 0 Å². The van der Waals surface area contributed by atoms with Crippen LogP contribution < -0.4 is 9.47 Å². The van der Waals surface area contributed by atoms with Crippen molar-refractivity contribution >= 4 is 11.6 Å². The number of amides is 1. The second kappa shape index (κ2) is 7.11. The predicted octanol–water partition coefficient (Wildman–Crippen LogP) is 2.24. The fourth-order valence-corrected chi connectivity index (χ4v) is 2.54. The molecule has 0 unspecified atom stereocenters. The van der Waals surface area contributed by atoms with Gasteiger partial charge in [0.05, 0.1) is 18.1 Å². The highest BCUT2D eigenvalue weighted by Crippen LogP contribution is 2.31. The first-order valence-corrected chi connectivity index (χ1v) is 7.24. The molecule has 2 rings (SSSR count). The molecule has 120 valence electrons. The molecule has 1 aromatic carbocycles. The van der Waals surface area contributed by atoms with Crippen molar-refractivity contribution < 1.29 is 19.2 Å². The standard InChI is InChI=1S/C15H20N2O5/c1-11-4-3-7-16(9-11)15(18)10-22-14-6-5-12(21-2)8-13(14)17(19)20/h5-6,8,11H,3-4,7,9-10H2,1-2H3/t11-/m1/s1. The second-order valence-corrected chi connectivity index (χ2v) is 5.47. The molecule has 0 aliphatic carbocycles. The van der Waals surface area contributed by atoms with Crippen LogP contribution in [-0.2, 0) is 4.79 Å². The van der Waals surface area contributed by atoms with E-state index in [1.54, 1.807) is 11.0 Å². The third-order valence-electron chi connectivity index (χ3n) is 3.72. The maximum absolute atomic E-state index is 12.1. The van der Waals surface area contributed by atoms with E-state index in [0.29, 0.717) is 18.2 Å². The van der Waals surface area contributed by atoms with Crippen LogP contribution in [0.1, 0.15) is 19.8 Å². The Bertz CT molecular complexity index is 561. The van der Waals surface area contributed by atoms with Crippen LogP contribution in [0, 0.1) is 16.0 Å². The molecule has 1 amide bonds. The minimum atomic E-state index is -0.550. The second-order valence-electron chi connectivity index (χ2n) is 5.47. The molecular weight excluding hydrogens is 288 g/mol. The van der Waals surface area contributed by atoms with E-state index in [4.69, 9.17) is 9.47 Å². The fraction of sp³-hybridized carbons (Fsp3) is 0.533. The smallest absolute Gasteiger partial charge is 0.314 e. The maximum atomic E-state index is 12.1. The van der Waals surface area contributed by atoms with Crippen LogP contribution >= 0.6 is 0 Å².